The van der Waals surface area contributed by atoms with E-state index in [1.165, 1.54) is 17.7 Å². The van der Waals surface area contributed by atoms with Gasteiger partial charge < -0.3 is 19.5 Å². The van der Waals surface area contributed by atoms with Crippen LogP contribution in [0.5, 0.6) is 5.75 Å². The van der Waals surface area contributed by atoms with Crippen molar-refractivity contribution in [1.82, 2.24) is 19.8 Å². The Morgan fingerprint density at radius 3 is 2.81 bits per heavy atom. The first-order valence-corrected chi connectivity index (χ1v) is 10.5. The SMILES string of the molecule is COc1ccc(F)cc1-c1ccnc2[nH]c(C3=CC4CCC(C3)N4C(=O)N(C)C)cc12. The first-order chi connectivity index (χ1) is 15.0. The van der Waals surface area contributed by atoms with E-state index in [9.17, 15) is 9.18 Å². The van der Waals surface area contributed by atoms with Crippen LogP contribution in [0.1, 0.15) is 25.0 Å². The third-order valence-corrected chi connectivity index (χ3v) is 6.33. The fraction of sp³-hybridized carbons (Fsp3) is 0.333. The van der Waals surface area contributed by atoms with Gasteiger partial charge in [-0.05, 0) is 60.7 Å². The minimum absolute atomic E-state index is 0.0709. The molecule has 1 saturated heterocycles. The first-order valence-electron chi connectivity index (χ1n) is 10.5. The van der Waals surface area contributed by atoms with Gasteiger partial charge in [0, 0.05) is 43.0 Å². The largest absolute Gasteiger partial charge is 0.496 e. The number of pyridine rings is 1. The zero-order valence-electron chi connectivity index (χ0n) is 17.9. The number of aromatic nitrogens is 2. The fourth-order valence-corrected chi connectivity index (χ4v) is 4.88. The number of methoxy groups -OCH3 is 1. The Balaban J connectivity index is 1.56. The van der Waals surface area contributed by atoms with Crippen molar-refractivity contribution in [3.05, 3.63) is 54.1 Å². The van der Waals surface area contributed by atoms with E-state index < -0.39 is 0 Å². The van der Waals surface area contributed by atoms with Crippen LogP contribution in [-0.4, -0.2) is 59.1 Å². The number of fused-ring (bicyclic) bond motifs is 3. The number of carbonyl (C=O) groups excluding carboxylic acids is 1. The van der Waals surface area contributed by atoms with Gasteiger partial charge in [0.15, 0.2) is 0 Å². The Morgan fingerprint density at radius 2 is 2.06 bits per heavy atom. The number of amides is 2. The molecule has 2 amide bonds. The van der Waals surface area contributed by atoms with Crippen LogP contribution in [0.2, 0.25) is 0 Å². The van der Waals surface area contributed by atoms with Gasteiger partial charge >= 0.3 is 6.03 Å². The first kappa shape index (κ1) is 19.6. The lowest BCUT2D eigenvalue weighted by Crippen LogP contribution is -2.47. The van der Waals surface area contributed by atoms with Crippen LogP contribution in [0, 0.1) is 5.82 Å². The van der Waals surface area contributed by atoms with Crippen LogP contribution in [0.4, 0.5) is 9.18 Å². The van der Waals surface area contributed by atoms with E-state index >= 15 is 0 Å². The lowest BCUT2D eigenvalue weighted by Gasteiger charge is -2.35. The van der Waals surface area contributed by atoms with E-state index in [1.807, 2.05) is 11.0 Å². The maximum Gasteiger partial charge on any atom is 0.320 e. The molecule has 0 saturated carbocycles. The molecule has 2 aliphatic rings. The Bertz CT molecular complexity index is 1200. The molecule has 4 heterocycles. The van der Waals surface area contributed by atoms with Gasteiger partial charge in [-0.15, -0.1) is 0 Å². The Morgan fingerprint density at radius 1 is 1.23 bits per heavy atom. The molecular weight excluding hydrogens is 395 g/mol. The highest BCUT2D eigenvalue weighted by molar-refractivity contribution is 5.97. The van der Waals surface area contributed by atoms with E-state index in [2.05, 4.69) is 22.1 Å². The highest BCUT2D eigenvalue weighted by Gasteiger charge is 2.40. The Kier molecular flexibility index (Phi) is 4.68. The summed E-state index contributed by atoms with van der Waals surface area (Å²) in [4.78, 5) is 24.2. The van der Waals surface area contributed by atoms with Crippen molar-refractivity contribution in [3.8, 4) is 16.9 Å². The third-order valence-electron chi connectivity index (χ3n) is 6.33. The van der Waals surface area contributed by atoms with Gasteiger partial charge in [0.25, 0.3) is 0 Å². The smallest absolute Gasteiger partial charge is 0.320 e. The molecule has 7 heteroatoms. The van der Waals surface area contributed by atoms with Crippen LogP contribution in [0.3, 0.4) is 0 Å². The molecule has 31 heavy (non-hydrogen) atoms. The summed E-state index contributed by atoms with van der Waals surface area (Å²) in [6.07, 6.45) is 6.73. The van der Waals surface area contributed by atoms with Crippen LogP contribution in [0.25, 0.3) is 27.7 Å². The highest BCUT2D eigenvalue weighted by Crippen LogP contribution is 2.41. The van der Waals surface area contributed by atoms with Gasteiger partial charge in [-0.2, -0.15) is 0 Å². The zero-order chi connectivity index (χ0) is 21.7. The third kappa shape index (κ3) is 3.24. The molecule has 3 aromatic rings. The predicted octanol–water partition coefficient (Wildman–Crippen LogP) is 4.68. The molecule has 2 aliphatic heterocycles. The van der Waals surface area contributed by atoms with Crippen LogP contribution < -0.4 is 4.74 Å². The van der Waals surface area contributed by atoms with Crippen LogP contribution in [0.15, 0.2) is 42.6 Å². The normalized spacial score (nSPS) is 20.1. The number of nitrogens with zero attached hydrogens (tertiary/aromatic N) is 3. The molecule has 0 aliphatic carbocycles. The van der Waals surface area contributed by atoms with E-state index in [-0.39, 0.29) is 23.9 Å². The number of H-pyrrole nitrogens is 1. The van der Waals surface area contributed by atoms with Gasteiger partial charge in [-0.3, -0.25) is 0 Å². The van der Waals surface area contributed by atoms with Crippen molar-refractivity contribution in [3.63, 3.8) is 0 Å². The molecule has 6 nitrogen and oxygen atoms in total. The standard InChI is InChI=1S/C24H25FN4O2/c1-28(2)24(30)29-16-5-6-17(29)11-14(10-16)21-13-20-18(8-9-26-23(20)27-21)19-12-15(25)4-7-22(19)31-3/h4,7-10,12-13,16-17H,5-6,11H2,1-3H3,(H,26,27). The van der Waals surface area contributed by atoms with Gasteiger partial charge in [-0.1, -0.05) is 6.08 Å². The van der Waals surface area contributed by atoms with Crippen molar-refractivity contribution in [2.45, 2.75) is 31.3 Å². The average molecular weight is 420 g/mol. The summed E-state index contributed by atoms with van der Waals surface area (Å²) in [5.74, 6) is 0.304. The number of halogens is 1. The highest BCUT2D eigenvalue weighted by atomic mass is 19.1. The topological polar surface area (TPSA) is 61.5 Å². The molecule has 0 spiro atoms. The summed E-state index contributed by atoms with van der Waals surface area (Å²) in [6.45, 7) is 0. The van der Waals surface area contributed by atoms with Crippen molar-refractivity contribution in [2.24, 2.45) is 0 Å². The summed E-state index contributed by atoms with van der Waals surface area (Å²) in [5, 5.41) is 0.918. The number of rotatable bonds is 3. The van der Waals surface area contributed by atoms with Gasteiger partial charge in [0.1, 0.15) is 17.2 Å². The predicted molar refractivity (Wildman–Crippen MR) is 118 cm³/mol. The average Bonchev–Trinajstić information content (AvgIpc) is 3.31. The summed E-state index contributed by atoms with van der Waals surface area (Å²) in [7, 11) is 5.18. The lowest BCUT2D eigenvalue weighted by atomic mass is 9.97. The number of hydrogen-bond acceptors (Lipinski definition) is 3. The van der Waals surface area contributed by atoms with E-state index in [0.717, 1.165) is 41.6 Å². The molecule has 2 unspecified atom stereocenters. The quantitative estimate of drug-likeness (QED) is 0.669. The number of aromatic amines is 1. The van der Waals surface area contributed by atoms with E-state index in [0.29, 0.717) is 11.3 Å². The second-order valence-electron chi connectivity index (χ2n) is 8.43. The molecule has 0 radical (unpaired) electrons. The fourth-order valence-electron chi connectivity index (χ4n) is 4.88. The Hall–Kier alpha value is -3.35. The van der Waals surface area contributed by atoms with E-state index in [1.54, 1.807) is 38.4 Å². The number of nitrogens with one attached hydrogen (secondary N) is 1. The van der Waals surface area contributed by atoms with Crippen molar-refractivity contribution in [1.29, 1.82) is 0 Å². The van der Waals surface area contributed by atoms with Gasteiger partial charge in [0.05, 0.1) is 13.2 Å². The summed E-state index contributed by atoms with van der Waals surface area (Å²) >= 11 is 0. The second-order valence-corrected chi connectivity index (χ2v) is 8.43. The molecule has 1 N–H and O–H groups in total. The van der Waals surface area contributed by atoms with Crippen molar-refractivity contribution >= 4 is 22.6 Å². The molecular formula is C24H25FN4O2. The maximum atomic E-state index is 14.0. The molecule has 2 atom stereocenters. The minimum Gasteiger partial charge on any atom is -0.496 e. The number of ether oxygens (including phenoxy) is 1. The number of benzene rings is 1. The summed E-state index contributed by atoms with van der Waals surface area (Å²) in [5.41, 5.74) is 4.51. The molecule has 1 aromatic carbocycles. The second kappa shape index (κ2) is 7.41. The van der Waals surface area contributed by atoms with Crippen molar-refractivity contribution in [2.75, 3.05) is 21.2 Å². The molecule has 160 valence electrons. The van der Waals surface area contributed by atoms with Crippen LogP contribution >= 0.6 is 0 Å². The van der Waals surface area contributed by atoms with Gasteiger partial charge in [-0.25, -0.2) is 14.2 Å². The molecule has 1 fully saturated rings. The molecule has 2 aromatic heterocycles. The molecule has 5 rings (SSSR count). The zero-order valence-corrected chi connectivity index (χ0v) is 17.9. The maximum absolute atomic E-state index is 14.0. The number of carbonyl (C=O) groups is 1. The summed E-state index contributed by atoms with van der Waals surface area (Å²) < 4.78 is 19.5. The van der Waals surface area contributed by atoms with Crippen LogP contribution in [-0.2, 0) is 0 Å². The Labute approximate surface area is 180 Å². The minimum atomic E-state index is -0.311. The van der Waals surface area contributed by atoms with Gasteiger partial charge in [0.2, 0.25) is 0 Å². The monoisotopic (exact) mass is 420 g/mol. The number of urea groups is 1. The van der Waals surface area contributed by atoms with Crippen molar-refractivity contribution < 1.29 is 13.9 Å². The van der Waals surface area contributed by atoms with E-state index in [4.69, 9.17) is 4.74 Å². The molecule has 2 bridgehead atoms. The number of hydrogen-bond donors (Lipinski definition) is 1. The lowest BCUT2D eigenvalue weighted by molar-refractivity contribution is 0.153. The summed E-state index contributed by atoms with van der Waals surface area (Å²) in [6, 6.07) is 8.89.